The minimum absolute atomic E-state index is 0.237. The lowest BCUT2D eigenvalue weighted by atomic mass is 9.91. The van der Waals surface area contributed by atoms with Crippen LogP contribution < -0.4 is 5.32 Å². The Morgan fingerprint density at radius 1 is 1.43 bits per heavy atom. The van der Waals surface area contributed by atoms with Crippen LogP contribution in [0.5, 0.6) is 0 Å². The molecule has 1 aliphatic rings. The van der Waals surface area contributed by atoms with Crippen molar-refractivity contribution in [3.05, 3.63) is 0 Å². The Labute approximate surface area is 92.0 Å². The van der Waals surface area contributed by atoms with Gasteiger partial charge in [0.1, 0.15) is 0 Å². The highest BCUT2D eigenvalue weighted by molar-refractivity contribution is 8.14. The van der Waals surface area contributed by atoms with E-state index in [0.29, 0.717) is 11.8 Å². The highest BCUT2D eigenvalue weighted by Gasteiger charge is 2.35. The smallest absolute Gasteiger partial charge is 0.157 e. The van der Waals surface area contributed by atoms with Crippen molar-refractivity contribution in [2.45, 2.75) is 40.2 Å². The Kier molecular flexibility index (Phi) is 3.87. The highest BCUT2D eigenvalue weighted by atomic mass is 32.2. The fourth-order valence-electron chi connectivity index (χ4n) is 1.20. The number of hydrogen-bond donors (Lipinski definition) is 1. The summed E-state index contributed by atoms with van der Waals surface area (Å²) in [4.78, 5) is 4.57. The summed E-state index contributed by atoms with van der Waals surface area (Å²) in [5.74, 6) is 2.44. The second-order valence-corrected chi connectivity index (χ2v) is 5.99. The number of thioether (sulfide) groups is 1. The van der Waals surface area contributed by atoms with E-state index in [1.54, 1.807) is 0 Å². The van der Waals surface area contributed by atoms with Gasteiger partial charge in [-0.1, -0.05) is 39.5 Å². The second kappa shape index (κ2) is 4.56. The molecule has 1 heterocycles. The van der Waals surface area contributed by atoms with Gasteiger partial charge < -0.3 is 5.32 Å². The third kappa shape index (κ3) is 2.91. The van der Waals surface area contributed by atoms with Gasteiger partial charge in [-0.05, 0) is 18.8 Å². The maximum atomic E-state index is 4.57. The summed E-state index contributed by atoms with van der Waals surface area (Å²) in [6.45, 7) is 12.1. The quantitative estimate of drug-likeness (QED) is 0.781. The Morgan fingerprint density at radius 3 is 2.50 bits per heavy atom. The van der Waals surface area contributed by atoms with Gasteiger partial charge in [0.25, 0.3) is 0 Å². The SMILES string of the molecule is CC(C)CN=C1NC(C)(C(C)C)CS1. The van der Waals surface area contributed by atoms with Crippen LogP contribution in [0.3, 0.4) is 0 Å². The summed E-state index contributed by atoms with van der Waals surface area (Å²) in [5.41, 5.74) is 0.237. The molecule has 0 spiro atoms. The second-order valence-electron chi connectivity index (χ2n) is 5.03. The van der Waals surface area contributed by atoms with Crippen LogP contribution >= 0.6 is 11.8 Å². The molecule has 1 saturated heterocycles. The Bertz CT molecular complexity index is 223. The Morgan fingerprint density at radius 2 is 2.07 bits per heavy atom. The van der Waals surface area contributed by atoms with Crippen molar-refractivity contribution in [2.75, 3.05) is 12.3 Å². The predicted octanol–water partition coefficient (Wildman–Crippen LogP) is 2.75. The first-order valence-corrected chi connectivity index (χ1v) is 6.38. The van der Waals surface area contributed by atoms with E-state index in [9.17, 15) is 0 Å². The average molecular weight is 214 g/mol. The van der Waals surface area contributed by atoms with Crippen molar-refractivity contribution < 1.29 is 0 Å². The maximum Gasteiger partial charge on any atom is 0.157 e. The number of amidine groups is 1. The van der Waals surface area contributed by atoms with Crippen molar-refractivity contribution in [3.8, 4) is 0 Å². The summed E-state index contributed by atoms with van der Waals surface area (Å²) in [7, 11) is 0. The van der Waals surface area contributed by atoms with Crippen LogP contribution in [0.1, 0.15) is 34.6 Å². The van der Waals surface area contributed by atoms with Crippen LogP contribution in [0.25, 0.3) is 0 Å². The van der Waals surface area contributed by atoms with Crippen molar-refractivity contribution in [2.24, 2.45) is 16.8 Å². The predicted molar refractivity (Wildman–Crippen MR) is 66.0 cm³/mol. The van der Waals surface area contributed by atoms with Gasteiger partial charge >= 0.3 is 0 Å². The zero-order valence-electron chi connectivity index (χ0n) is 9.92. The molecule has 1 fully saturated rings. The van der Waals surface area contributed by atoms with Crippen LogP contribution in [-0.2, 0) is 0 Å². The molecule has 0 aromatic heterocycles. The van der Waals surface area contributed by atoms with Crippen LogP contribution in [0.2, 0.25) is 0 Å². The topological polar surface area (TPSA) is 24.4 Å². The Balaban J connectivity index is 2.52. The molecule has 0 aromatic carbocycles. The molecule has 1 aliphatic heterocycles. The van der Waals surface area contributed by atoms with Gasteiger partial charge in [-0.15, -0.1) is 0 Å². The molecule has 3 heteroatoms. The zero-order chi connectivity index (χ0) is 10.8. The number of rotatable bonds is 3. The molecule has 1 rings (SSSR count). The van der Waals surface area contributed by atoms with E-state index in [2.05, 4.69) is 44.9 Å². The van der Waals surface area contributed by atoms with E-state index in [-0.39, 0.29) is 5.54 Å². The normalized spacial score (nSPS) is 30.4. The summed E-state index contributed by atoms with van der Waals surface area (Å²) in [6.07, 6.45) is 0. The molecule has 2 nitrogen and oxygen atoms in total. The van der Waals surface area contributed by atoms with E-state index in [4.69, 9.17) is 0 Å². The van der Waals surface area contributed by atoms with Crippen LogP contribution in [0.4, 0.5) is 0 Å². The molecule has 1 N–H and O–H groups in total. The number of aliphatic imine (C=N–C) groups is 1. The van der Waals surface area contributed by atoms with Crippen molar-refractivity contribution in [1.29, 1.82) is 0 Å². The van der Waals surface area contributed by atoms with Crippen LogP contribution in [0, 0.1) is 11.8 Å². The minimum atomic E-state index is 0.237. The summed E-state index contributed by atoms with van der Waals surface area (Å²) in [6, 6.07) is 0. The van der Waals surface area contributed by atoms with Gasteiger partial charge in [0, 0.05) is 17.8 Å². The molecule has 14 heavy (non-hydrogen) atoms. The summed E-state index contributed by atoms with van der Waals surface area (Å²) >= 11 is 1.86. The monoisotopic (exact) mass is 214 g/mol. The summed E-state index contributed by atoms with van der Waals surface area (Å²) < 4.78 is 0. The Hall–Kier alpha value is -0.180. The van der Waals surface area contributed by atoms with E-state index in [0.717, 1.165) is 17.5 Å². The molecule has 0 radical (unpaired) electrons. The lowest BCUT2D eigenvalue weighted by Crippen LogP contribution is -2.45. The van der Waals surface area contributed by atoms with Gasteiger partial charge in [0.05, 0.1) is 0 Å². The molecular weight excluding hydrogens is 192 g/mol. The van der Waals surface area contributed by atoms with E-state index < -0.39 is 0 Å². The first-order valence-electron chi connectivity index (χ1n) is 5.39. The number of hydrogen-bond acceptors (Lipinski definition) is 2. The zero-order valence-corrected chi connectivity index (χ0v) is 10.7. The maximum absolute atomic E-state index is 4.57. The standard InChI is InChI=1S/C11H22N2S/c1-8(2)6-12-10-13-11(5,7-14-10)9(3)4/h8-9H,6-7H2,1-5H3,(H,12,13). The van der Waals surface area contributed by atoms with E-state index >= 15 is 0 Å². The molecule has 0 saturated carbocycles. The molecule has 1 atom stereocenters. The van der Waals surface area contributed by atoms with Gasteiger partial charge in [-0.2, -0.15) is 0 Å². The van der Waals surface area contributed by atoms with Crippen LogP contribution in [0.15, 0.2) is 4.99 Å². The molecule has 82 valence electrons. The lowest BCUT2D eigenvalue weighted by Gasteiger charge is -2.28. The van der Waals surface area contributed by atoms with Gasteiger partial charge in [0.2, 0.25) is 0 Å². The molecular formula is C11H22N2S. The van der Waals surface area contributed by atoms with Crippen molar-refractivity contribution in [3.63, 3.8) is 0 Å². The first-order chi connectivity index (χ1) is 6.44. The van der Waals surface area contributed by atoms with Crippen LogP contribution in [-0.4, -0.2) is 23.0 Å². The van der Waals surface area contributed by atoms with E-state index in [1.165, 1.54) is 0 Å². The highest BCUT2D eigenvalue weighted by Crippen LogP contribution is 2.29. The summed E-state index contributed by atoms with van der Waals surface area (Å²) in [5, 5.41) is 4.67. The largest absolute Gasteiger partial charge is 0.359 e. The van der Waals surface area contributed by atoms with Gasteiger partial charge in [0.15, 0.2) is 5.17 Å². The fraction of sp³-hybridized carbons (Fsp3) is 0.909. The van der Waals surface area contributed by atoms with Crippen molar-refractivity contribution >= 4 is 16.9 Å². The molecule has 0 bridgehead atoms. The first kappa shape index (κ1) is 11.9. The molecule has 1 unspecified atom stereocenters. The third-order valence-corrected chi connectivity index (χ3v) is 4.02. The average Bonchev–Trinajstić information content (AvgIpc) is 2.45. The van der Waals surface area contributed by atoms with Crippen molar-refractivity contribution in [1.82, 2.24) is 5.32 Å². The molecule has 0 aromatic rings. The van der Waals surface area contributed by atoms with E-state index in [1.807, 2.05) is 11.8 Å². The fourth-order valence-corrected chi connectivity index (χ4v) is 2.51. The minimum Gasteiger partial charge on any atom is -0.359 e. The van der Waals surface area contributed by atoms with Gasteiger partial charge in [-0.25, -0.2) is 0 Å². The number of nitrogens with one attached hydrogen (secondary N) is 1. The molecule has 0 aliphatic carbocycles. The lowest BCUT2D eigenvalue weighted by molar-refractivity contribution is 0.349. The third-order valence-electron chi connectivity index (χ3n) is 2.78. The molecule has 0 amide bonds. The van der Waals surface area contributed by atoms with Gasteiger partial charge in [-0.3, -0.25) is 4.99 Å². The number of nitrogens with zero attached hydrogens (tertiary/aromatic N) is 1.